The summed E-state index contributed by atoms with van der Waals surface area (Å²) in [5, 5.41) is 0. The zero-order valence-corrected chi connectivity index (χ0v) is 11.4. The second-order valence-corrected chi connectivity index (χ2v) is 5.24. The Morgan fingerprint density at radius 3 is 2.78 bits per heavy atom. The summed E-state index contributed by atoms with van der Waals surface area (Å²) in [5.74, 6) is 0.646. The van der Waals surface area contributed by atoms with Gasteiger partial charge in [0.2, 0.25) is 0 Å². The number of ketones is 1. The summed E-state index contributed by atoms with van der Waals surface area (Å²) < 4.78 is 2.23. The second kappa shape index (κ2) is 6.14. The third kappa shape index (κ3) is 3.19. The molecule has 0 unspecified atom stereocenters. The maximum Gasteiger partial charge on any atom is 0.133 e. The topological polar surface area (TPSA) is 38.1 Å². The number of nitrogens with zero attached hydrogens (tertiary/aromatic N) is 3. The predicted molar refractivity (Wildman–Crippen MR) is 71.2 cm³/mol. The lowest BCUT2D eigenvalue weighted by Gasteiger charge is -2.30. The summed E-state index contributed by atoms with van der Waals surface area (Å²) in [6, 6.07) is 0. The van der Waals surface area contributed by atoms with Crippen LogP contribution in [0.15, 0.2) is 12.5 Å². The molecule has 0 saturated carbocycles. The number of carbonyl (C=O) groups is 1. The lowest BCUT2D eigenvalue weighted by Crippen LogP contribution is -2.35. The van der Waals surface area contributed by atoms with Gasteiger partial charge in [0.25, 0.3) is 0 Å². The van der Waals surface area contributed by atoms with Gasteiger partial charge < -0.3 is 4.57 Å². The van der Waals surface area contributed by atoms with Crippen LogP contribution in [-0.4, -0.2) is 33.3 Å². The highest BCUT2D eigenvalue weighted by molar-refractivity contribution is 5.78. The van der Waals surface area contributed by atoms with Crippen molar-refractivity contribution in [3.63, 3.8) is 0 Å². The molecule has 0 aliphatic carbocycles. The van der Waals surface area contributed by atoms with Crippen molar-refractivity contribution in [1.29, 1.82) is 0 Å². The van der Waals surface area contributed by atoms with Crippen molar-refractivity contribution in [2.24, 2.45) is 5.92 Å². The van der Waals surface area contributed by atoms with Crippen LogP contribution in [0.3, 0.4) is 0 Å². The highest BCUT2D eigenvalue weighted by Gasteiger charge is 2.22. The summed E-state index contributed by atoms with van der Waals surface area (Å²) in [6.07, 6.45) is 7.04. The molecule has 0 amide bonds. The molecule has 0 aromatic carbocycles. The van der Waals surface area contributed by atoms with Gasteiger partial charge in [-0.1, -0.05) is 6.92 Å². The first-order chi connectivity index (χ1) is 8.70. The standard InChI is InChI=1S/C14H23N3O/c1-3-6-17-11-15-9-14(17)10-16-7-4-13(5-8-16)12(2)18/h9,11,13H,3-8,10H2,1-2H3. The summed E-state index contributed by atoms with van der Waals surface area (Å²) in [7, 11) is 0. The van der Waals surface area contributed by atoms with Crippen LogP contribution in [0.2, 0.25) is 0 Å². The molecule has 1 aromatic rings. The van der Waals surface area contributed by atoms with Crippen LogP contribution in [0.25, 0.3) is 0 Å². The molecule has 4 heteroatoms. The zero-order valence-electron chi connectivity index (χ0n) is 11.4. The lowest BCUT2D eigenvalue weighted by molar-refractivity contribution is -0.122. The molecular weight excluding hydrogens is 226 g/mol. The normalized spacial score (nSPS) is 18.1. The average Bonchev–Trinajstić information content (AvgIpc) is 2.78. The van der Waals surface area contributed by atoms with E-state index >= 15 is 0 Å². The van der Waals surface area contributed by atoms with Gasteiger partial charge in [0.15, 0.2) is 0 Å². The zero-order chi connectivity index (χ0) is 13.0. The molecule has 1 saturated heterocycles. The number of hydrogen-bond acceptors (Lipinski definition) is 3. The molecule has 2 heterocycles. The number of aryl methyl sites for hydroxylation is 1. The van der Waals surface area contributed by atoms with Gasteiger partial charge in [0, 0.05) is 25.2 Å². The lowest BCUT2D eigenvalue weighted by atomic mass is 9.93. The van der Waals surface area contributed by atoms with Crippen molar-refractivity contribution < 1.29 is 4.79 Å². The van der Waals surface area contributed by atoms with Crippen molar-refractivity contribution in [2.75, 3.05) is 13.1 Å². The van der Waals surface area contributed by atoms with E-state index in [-0.39, 0.29) is 0 Å². The van der Waals surface area contributed by atoms with Gasteiger partial charge >= 0.3 is 0 Å². The maximum atomic E-state index is 11.3. The predicted octanol–water partition coefficient (Wildman–Crippen LogP) is 2.09. The first-order valence-electron chi connectivity index (χ1n) is 6.92. The van der Waals surface area contributed by atoms with Crippen molar-refractivity contribution in [1.82, 2.24) is 14.5 Å². The Kier molecular flexibility index (Phi) is 4.53. The van der Waals surface area contributed by atoms with E-state index < -0.39 is 0 Å². The van der Waals surface area contributed by atoms with E-state index in [1.54, 1.807) is 6.92 Å². The molecule has 0 spiro atoms. The molecule has 0 bridgehead atoms. The summed E-state index contributed by atoms with van der Waals surface area (Å²) >= 11 is 0. The van der Waals surface area contributed by atoms with Crippen LogP contribution in [0.4, 0.5) is 0 Å². The minimum atomic E-state index is 0.293. The third-order valence-corrected chi connectivity index (χ3v) is 3.81. The van der Waals surface area contributed by atoms with E-state index in [1.807, 2.05) is 12.5 Å². The molecule has 0 radical (unpaired) electrons. The molecule has 18 heavy (non-hydrogen) atoms. The van der Waals surface area contributed by atoms with Gasteiger partial charge in [-0.15, -0.1) is 0 Å². The van der Waals surface area contributed by atoms with Gasteiger partial charge in [-0.05, 0) is 39.3 Å². The largest absolute Gasteiger partial charge is 0.333 e. The number of aromatic nitrogens is 2. The van der Waals surface area contributed by atoms with E-state index in [0.29, 0.717) is 11.7 Å². The highest BCUT2D eigenvalue weighted by atomic mass is 16.1. The van der Waals surface area contributed by atoms with Gasteiger partial charge in [0.1, 0.15) is 5.78 Å². The van der Waals surface area contributed by atoms with Crippen LogP contribution in [-0.2, 0) is 17.9 Å². The molecule has 1 aliphatic rings. The number of likely N-dealkylation sites (tertiary alicyclic amines) is 1. The summed E-state index contributed by atoms with van der Waals surface area (Å²) in [5.41, 5.74) is 1.29. The van der Waals surface area contributed by atoms with Gasteiger partial charge in [-0.3, -0.25) is 9.69 Å². The summed E-state index contributed by atoms with van der Waals surface area (Å²) in [4.78, 5) is 18.0. The quantitative estimate of drug-likeness (QED) is 0.802. The minimum absolute atomic E-state index is 0.293. The molecule has 1 fully saturated rings. The van der Waals surface area contributed by atoms with Crippen molar-refractivity contribution in [3.8, 4) is 0 Å². The number of carbonyl (C=O) groups excluding carboxylic acids is 1. The molecular formula is C14H23N3O. The minimum Gasteiger partial charge on any atom is -0.333 e. The highest BCUT2D eigenvalue weighted by Crippen LogP contribution is 2.19. The van der Waals surface area contributed by atoms with Crippen molar-refractivity contribution in [2.45, 2.75) is 46.2 Å². The van der Waals surface area contributed by atoms with Gasteiger partial charge in [-0.25, -0.2) is 4.98 Å². The summed E-state index contributed by atoms with van der Waals surface area (Å²) in [6.45, 7) is 7.96. The Balaban J connectivity index is 1.87. The van der Waals surface area contributed by atoms with E-state index in [2.05, 4.69) is 21.4 Å². The van der Waals surface area contributed by atoms with E-state index in [9.17, 15) is 4.79 Å². The Morgan fingerprint density at radius 1 is 1.44 bits per heavy atom. The van der Waals surface area contributed by atoms with Crippen LogP contribution in [0.1, 0.15) is 38.8 Å². The molecule has 0 atom stereocenters. The SMILES string of the molecule is CCCn1cncc1CN1CCC(C(C)=O)CC1. The van der Waals surface area contributed by atoms with E-state index in [1.165, 1.54) is 5.69 Å². The van der Waals surface area contributed by atoms with Crippen LogP contribution in [0.5, 0.6) is 0 Å². The molecule has 2 rings (SSSR count). The first-order valence-corrected chi connectivity index (χ1v) is 6.92. The molecule has 4 nitrogen and oxygen atoms in total. The number of Topliss-reactive ketones (excluding diaryl/α,β-unsaturated/α-hetero) is 1. The second-order valence-electron chi connectivity index (χ2n) is 5.24. The number of rotatable bonds is 5. The fraction of sp³-hybridized carbons (Fsp3) is 0.714. The number of piperidine rings is 1. The van der Waals surface area contributed by atoms with E-state index in [4.69, 9.17) is 0 Å². The monoisotopic (exact) mass is 249 g/mol. The number of imidazole rings is 1. The molecule has 100 valence electrons. The fourth-order valence-corrected chi connectivity index (χ4v) is 2.65. The maximum absolute atomic E-state index is 11.3. The molecule has 1 aromatic heterocycles. The van der Waals surface area contributed by atoms with Crippen molar-refractivity contribution >= 4 is 5.78 Å². The fourth-order valence-electron chi connectivity index (χ4n) is 2.65. The Morgan fingerprint density at radius 2 is 2.17 bits per heavy atom. The number of hydrogen-bond donors (Lipinski definition) is 0. The smallest absolute Gasteiger partial charge is 0.133 e. The Labute approximate surface area is 109 Å². The van der Waals surface area contributed by atoms with Crippen LogP contribution >= 0.6 is 0 Å². The van der Waals surface area contributed by atoms with E-state index in [0.717, 1.165) is 45.4 Å². The van der Waals surface area contributed by atoms with Crippen LogP contribution in [0, 0.1) is 5.92 Å². The first kappa shape index (κ1) is 13.3. The Bertz CT molecular complexity index is 391. The molecule has 1 aliphatic heterocycles. The van der Waals surface area contributed by atoms with Crippen molar-refractivity contribution in [3.05, 3.63) is 18.2 Å². The Hall–Kier alpha value is -1.16. The van der Waals surface area contributed by atoms with Crippen LogP contribution < -0.4 is 0 Å². The van der Waals surface area contributed by atoms with Gasteiger partial charge in [-0.2, -0.15) is 0 Å². The van der Waals surface area contributed by atoms with Gasteiger partial charge in [0.05, 0.1) is 12.0 Å². The average molecular weight is 249 g/mol. The molecule has 0 N–H and O–H groups in total. The third-order valence-electron chi connectivity index (χ3n) is 3.81.